The Kier molecular flexibility index (Phi) is 2.39. The summed E-state index contributed by atoms with van der Waals surface area (Å²) < 4.78 is 1.73. The maximum atomic E-state index is 5.66. The molecule has 0 aromatic carbocycles. The van der Waals surface area contributed by atoms with Crippen LogP contribution in [-0.2, 0) is 6.54 Å². The SMILES string of the molecule is CCC1(Cn2nnnc2N)CCCC1. The van der Waals surface area contributed by atoms with Gasteiger partial charge in [-0.2, -0.15) is 0 Å². The van der Waals surface area contributed by atoms with Gasteiger partial charge in [0.1, 0.15) is 0 Å². The summed E-state index contributed by atoms with van der Waals surface area (Å²) in [7, 11) is 0. The number of hydrogen-bond donors (Lipinski definition) is 1. The number of nitrogen functional groups attached to an aromatic ring is 1. The van der Waals surface area contributed by atoms with Crippen LogP contribution < -0.4 is 5.73 Å². The van der Waals surface area contributed by atoms with Crippen LogP contribution >= 0.6 is 0 Å². The molecule has 1 heterocycles. The molecule has 0 saturated heterocycles. The molecule has 1 aliphatic rings. The molecule has 0 atom stereocenters. The highest BCUT2D eigenvalue weighted by molar-refractivity contribution is 5.10. The van der Waals surface area contributed by atoms with E-state index in [4.69, 9.17) is 5.73 Å². The van der Waals surface area contributed by atoms with E-state index in [1.807, 2.05) is 0 Å². The van der Waals surface area contributed by atoms with Crippen LogP contribution in [0, 0.1) is 5.41 Å². The summed E-state index contributed by atoms with van der Waals surface area (Å²) in [6, 6.07) is 0. The highest BCUT2D eigenvalue weighted by Gasteiger charge is 2.33. The number of rotatable bonds is 3. The summed E-state index contributed by atoms with van der Waals surface area (Å²) in [4.78, 5) is 0. The van der Waals surface area contributed by atoms with E-state index in [0.717, 1.165) is 6.54 Å². The summed E-state index contributed by atoms with van der Waals surface area (Å²) in [5.74, 6) is 0.435. The van der Waals surface area contributed by atoms with Crippen molar-refractivity contribution in [3.05, 3.63) is 0 Å². The summed E-state index contributed by atoms with van der Waals surface area (Å²) in [5, 5.41) is 11.2. The Bertz CT molecular complexity index is 300. The topological polar surface area (TPSA) is 69.6 Å². The molecule has 1 saturated carbocycles. The zero-order valence-electron chi connectivity index (χ0n) is 8.61. The molecular formula is C9H17N5. The summed E-state index contributed by atoms with van der Waals surface area (Å²) >= 11 is 0. The lowest BCUT2D eigenvalue weighted by atomic mass is 9.83. The second-order valence-electron chi connectivity index (χ2n) is 4.26. The Balaban J connectivity index is 2.12. The second-order valence-corrected chi connectivity index (χ2v) is 4.26. The van der Waals surface area contributed by atoms with Crippen LogP contribution in [0.5, 0.6) is 0 Å². The average Bonchev–Trinajstić information content (AvgIpc) is 2.79. The van der Waals surface area contributed by atoms with Crippen molar-refractivity contribution in [3.8, 4) is 0 Å². The Morgan fingerprint density at radius 3 is 2.64 bits per heavy atom. The molecule has 1 aromatic heterocycles. The third kappa shape index (κ3) is 1.58. The summed E-state index contributed by atoms with van der Waals surface area (Å²) in [6.07, 6.45) is 6.41. The molecule has 0 aliphatic heterocycles. The average molecular weight is 195 g/mol. The van der Waals surface area contributed by atoms with Crippen molar-refractivity contribution in [3.63, 3.8) is 0 Å². The molecule has 0 amide bonds. The van der Waals surface area contributed by atoms with E-state index >= 15 is 0 Å². The van der Waals surface area contributed by atoms with E-state index in [9.17, 15) is 0 Å². The van der Waals surface area contributed by atoms with Crippen LogP contribution in [0.15, 0.2) is 0 Å². The van der Waals surface area contributed by atoms with Crippen molar-refractivity contribution < 1.29 is 0 Å². The minimum absolute atomic E-state index is 0.392. The van der Waals surface area contributed by atoms with E-state index in [1.165, 1.54) is 32.1 Å². The van der Waals surface area contributed by atoms with E-state index in [0.29, 0.717) is 11.4 Å². The Labute approximate surface area is 83.7 Å². The van der Waals surface area contributed by atoms with Crippen molar-refractivity contribution in [1.82, 2.24) is 20.2 Å². The number of nitrogens with two attached hydrogens (primary N) is 1. The maximum absolute atomic E-state index is 5.66. The lowest BCUT2D eigenvalue weighted by molar-refractivity contribution is 0.226. The molecule has 5 nitrogen and oxygen atoms in total. The molecule has 0 spiro atoms. The number of nitrogens with zero attached hydrogens (tertiary/aromatic N) is 4. The monoisotopic (exact) mass is 195 g/mol. The van der Waals surface area contributed by atoms with Crippen molar-refractivity contribution in [2.75, 3.05) is 5.73 Å². The van der Waals surface area contributed by atoms with Crippen molar-refractivity contribution in [1.29, 1.82) is 0 Å². The van der Waals surface area contributed by atoms with E-state index in [1.54, 1.807) is 4.68 Å². The zero-order valence-corrected chi connectivity index (χ0v) is 8.61. The first-order valence-electron chi connectivity index (χ1n) is 5.27. The van der Waals surface area contributed by atoms with E-state index in [2.05, 4.69) is 22.4 Å². The molecule has 2 rings (SSSR count). The van der Waals surface area contributed by atoms with E-state index < -0.39 is 0 Å². The first-order chi connectivity index (χ1) is 6.76. The summed E-state index contributed by atoms with van der Waals surface area (Å²) in [5.41, 5.74) is 6.05. The third-order valence-corrected chi connectivity index (χ3v) is 3.46. The van der Waals surface area contributed by atoms with Gasteiger partial charge in [-0.1, -0.05) is 24.9 Å². The third-order valence-electron chi connectivity index (χ3n) is 3.46. The number of hydrogen-bond acceptors (Lipinski definition) is 4. The van der Waals surface area contributed by atoms with Crippen LogP contribution in [0.4, 0.5) is 5.95 Å². The van der Waals surface area contributed by atoms with Crippen LogP contribution in [0.1, 0.15) is 39.0 Å². The second kappa shape index (κ2) is 3.55. The standard InChI is InChI=1S/C9H17N5/c1-2-9(5-3-4-6-9)7-14-8(10)11-12-13-14/h2-7H2,1H3,(H2,10,11,13). The van der Waals surface area contributed by atoms with Crippen molar-refractivity contribution in [2.24, 2.45) is 5.41 Å². The van der Waals surface area contributed by atoms with Gasteiger partial charge in [-0.25, -0.2) is 4.68 Å². The highest BCUT2D eigenvalue weighted by atomic mass is 15.6. The molecule has 0 radical (unpaired) electrons. The van der Waals surface area contributed by atoms with E-state index in [-0.39, 0.29) is 0 Å². The lowest BCUT2D eigenvalue weighted by Gasteiger charge is -2.26. The Hall–Kier alpha value is -1.13. The molecule has 1 aromatic rings. The van der Waals surface area contributed by atoms with Gasteiger partial charge >= 0.3 is 0 Å². The van der Waals surface area contributed by atoms with Gasteiger partial charge in [-0.05, 0) is 35.1 Å². The van der Waals surface area contributed by atoms with Gasteiger partial charge in [0.05, 0.1) is 6.54 Å². The lowest BCUT2D eigenvalue weighted by Crippen LogP contribution is -2.24. The normalized spacial score (nSPS) is 20.1. The minimum atomic E-state index is 0.392. The largest absolute Gasteiger partial charge is 0.367 e. The van der Waals surface area contributed by atoms with Gasteiger partial charge in [0.2, 0.25) is 5.95 Å². The van der Waals surface area contributed by atoms with Gasteiger partial charge in [0, 0.05) is 0 Å². The van der Waals surface area contributed by atoms with Crippen LogP contribution in [0.2, 0.25) is 0 Å². The number of anilines is 1. The Morgan fingerprint density at radius 1 is 1.43 bits per heavy atom. The molecule has 5 heteroatoms. The molecule has 0 unspecified atom stereocenters. The Morgan fingerprint density at radius 2 is 2.14 bits per heavy atom. The molecular weight excluding hydrogens is 178 g/mol. The number of tetrazole rings is 1. The van der Waals surface area contributed by atoms with Crippen LogP contribution in [0.3, 0.4) is 0 Å². The first-order valence-corrected chi connectivity index (χ1v) is 5.27. The fourth-order valence-electron chi connectivity index (χ4n) is 2.39. The molecule has 2 N–H and O–H groups in total. The number of aromatic nitrogens is 4. The molecule has 1 fully saturated rings. The highest BCUT2D eigenvalue weighted by Crippen LogP contribution is 2.42. The summed E-state index contributed by atoms with van der Waals surface area (Å²) in [6.45, 7) is 3.12. The predicted octanol–water partition coefficient (Wildman–Crippen LogP) is 1.23. The predicted molar refractivity (Wildman–Crippen MR) is 53.4 cm³/mol. The van der Waals surface area contributed by atoms with Gasteiger partial charge in [-0.15, -0.1) is 0 Å². The quantitative estimate of drug-likeness (QED) is 0.787. The van der Waals surface area contributed by atoms with Crippen molar-refractivity contribution >= 4 is 5.95 Å². The molecule has 1 aliphatic carbocycles. The molecule has 0 bridgehead atoms. The van der Waals surface area contributed by atoms with Gasteiger partial charge in [-0.3, -0.25) is 0 Å². The fraction of sp³-hybridized carbons (Fsp3) is 0.889. The van der Waals surface area contributed by atoms with Gasteiger partial charge < -0.3 is 5.73 Å². The first kappa shape index (κ1) is 9.43. The molecule has 78 valence electrons. The van der Waals surface area contributed by atoms with Gasteiger partial charge in [0.15, 0.2) is 0 Å². The minimum Gasteiger partial charge on any atom is -0.367 e. The maximum Gasteiger partial charge on any atom is 0.240 e. The zero-order chi connectivity index (χ0) is 10.0. The van der Waals surface area contributed by atoms with Crippen LogP contribution in [-0.4, -0.2) is 20.2 Å². The van der Waals surface area contributed by atoms with Crippen molar-refractivity contribution in [2.45, 2.75) is 45.6 Å². The molecule has 14 heavy (non-hydrogen) atoms. The van der Waals surface area contributed by atoms with Crippen LogP contribution in [0.25, 0.3) is 0 Å². The smallest absolute Gasteiger partial charge is 0.240 e. The van der Waals surface area contributed by atoms with Gasteiger partial charge in [0.25, 0.3) is 0 Å². The fourth-order valence-corrected chi connectivity index (χ4v) is 2.39.